The summed E-state index contributed by atoms with van der Waals surface area (Å²) in [6, 6.07) is 8.05. The number of anilines is 3. The average molecular weight is 434 g/mol. The van der Waals surface area contributed by atoms with E-state index in [1.54, 1.807) is 31.2 Å². The van der Waals surface area contributed by atoms with Gasteiger partial charge in [-0.15, -0.1) is 0 Å². The minimum Gasteiger partial charge on any atom is -0.397 e. The average Bonchev–Trinajstić information content (AvgIpc) is 2.73. The van der Waals surface area contributed by atoms with E-state index in [2.05, 4.69) is 25.3 Å². The molecule has 154 valence electrons. The lowest BCUT2D eigenvalue weighted by Gasteiger charge is -2.20. The van der Waals surface area contributed by atoms with Gasteiger partial charge in [0.2, 0.25) is 0 Å². The van der Waals surface area contributed by atoms with Crippen molar-refractivity contribution in [2.24, 2.45) is 0 Å². The van der Waals surface area contributed by atoms with Gasteiger partial charge in [-0.2, -0.15) is 5.26 Å². The van der Waals surface area contributed by atoms with Crippen molar-refractivity contribution >= 4 is 39.8 Å². The molecule has 1 aromatic carbocycles. The van der Waals surface area contributed by atoms with Crippen LogP contribution in [0.4, 0.5) is 17.3 Å². The number of hydrogen-bond acceptors (Lipinski definition) is 9. The highest BCUT2D eigenvalue weighted by atomic mass is 35.5. The molecule has 4 aromatic rings. The zero-order valence-electron chi connectivity index (χ0n) is 16.2. The predicted molar refractivity (Wildman–Crippen MR) is 118 cm³/mol. The van der Waals surface area contributed by atoms with Gasteiger partial charge in [-0.25, -0.2) is 15.0 Å². The first-order valence-electron chi connectivity index (χ1n) is 9.10. The van der Waals surface area contributed by atoms with Crippen LogP contribution in [0.1, 0.15) is 24.4 Å². The van der Waals surface area contributed by atoms with E-state index >= 15 is 0 Å². The van der Waals surface area contributed by atoms with Crippen LogP contribution in [0.25, 0.3) is 16.6 Å². The van der Waals surface area contributed by atoms with Crippen molar-refractivity contribution in [3.63, 3.8) is 0 Å². The number of nitrogen functional groups attached to an aromatic ring is 2. The molecule has 0 saturated carbocycles. The normalized spacial score (nSPS) is 11.8. The minimum absolute atomic E-state index is 0.0443. The maximum Gasteiger partial charge on any atom is 0.267 e. The molecule has 0 fully saturated rings. The van der Waals surface area contributed by atoms with Gasteiger partial charge in [-0.1, -0.05) is 17.7 Å². The number of nitrogens with zero attached hydrogens (tertiary/aromatic N) is 6. The van der Waals surface area contributed by atoms with Crippen molar-refractivity contribution in [3.05, 3.63) is 69.8 Å². The smallest absolute Gasteiger partial charge is 0.267 e. The van der Waals surface area contributed by atoms with Crippen LogP contribution in [-0.4, -0.2) is 24.5 Å². The van der Waals surface area contributed by atoms with E-state index in [0.29, 0.717) is 22.7 Å². The molecule has 11 heteroatoms. The Morgan fingerprint density at radius 3 is 2.81 bits per heavy atom. The van der Waals surface area contributed by atoms with Crippen LogP contribution in [0.3, 0.4) is 0 Å². The molecule has 0 spiro atoms. The van der Waals surface area contributed by atoms with Crippen molar-refractivity contribution in [1.82, 2.24) is 24.5 Å². The second-order valence-corrected chi connectivity index (χ2v) is 7.09. The van der Waals surface area contributed by atoms with E-state index in [0.717, 1.165) is 0 Å². The third-order valence-electron chi connectivity index (χ3n) is 4.60. The molecule has 0 amide bonds. The molecular weight excluding hydrogens is 418 g/mol. The summed E-state index contributed by atoms with van der Waals surface area (Å²) in [5.41, 5.74) is 12.6. The third-order valence-corrected chi connectivity index (χ3v) is 4.92. The van der Waals surface area contributed by atoms with Crippen LogP contribution >= 0.6 is 11.6 Å². The molecule has 3 aromatic heterocycles. The highest BCUT2D eigenvalue weighted by molar-refractivity contribution is 6.35. The van der Waals surface area contributed by atoms with Gasteiger partial charge in [0, 0.05) is 6.20 Å². The fourth-order valence-electron chi connectivity index (χ4n) is 3.20. The van der Waals surface area contributed by atoms with Crippen molar-refractivity contribution in [3.8, 4) is 11.8 Å². The predicted octanol–water partition coefficient (Wildman–Crippen LogP) is 2.43. The summed E-state index contributed by atoms with van der Waals surface area (Å²) in [5.74, 6) is 0.608. The van der Waals surface area contributed by atoms with Crippen molar-refractivity contribution in [2.45, 2.75) is 13.0 Å². The van der Waals surface area contributed by atoms with Crippen LogP contribution < -0.4 is 22.3 Å². The summed E-state index contributed by atoms with van der Waals surface area (Å²) in [6.07, 6.45) is 4.22. The number of nitrogens with one attached hydrogen (secondary N) is 1. The summed E-state index contributed by atoms with van der Waals surface area (Å²) in [7, 11) is 0. The van der Waals surface area contributed by atoms with Gasteiger partial charge in [0.1, 0.15) is 35.4 Å². The van der Waals surface area contributed by atoms with E-state index in [1.807, 2.05) is 6.07 Å². The van der Waals surface area contributed by atoms with Crippen molar-refractivity contribution in [2.75, 3.05) is 16.8 Å². The van der Waals surface area contributed by atoms with Gasteiger partial charge < -0.3 is 16.8 Å². The Kier molecular flexibility index (Phi) is 5.10. The molecule has 0 aliphatic rings. The van der Waals surface area contributed by atoms with Crippen LogP contribution in [0.15, 0.2) is 47.8 Å². The van der Waals surface area contributed by atoms with Crippen LogP contribution in [0, 0.1) is 11.3 Å². The number of rotatable bonds is 4. The zero-order chi connectivity index (χ0) is 22.1. The Bertz CT molecular complexity index is 1410. The minimum atomic E-state index is -0.570. The van der Waals surface area contributed by atoms with Crippen LogP contribution in [0.5, 0.6) is 0 Å². The lowest BCUT2D eigenvalue weighted by atomic mass is 10.2. The number of nitrogens with two attached hydrogens (primary N) is 2. The highest BCUT2D eigenvalue weighted by Crippen LogP contribution is 2.26. The third kappa shape index (κ3) is 3.58. The lowest BCUT2D eigenvalue weighted by molar-refractivity contribution is 0.729. The number of pyridine rings is 1. The second kappa shape index (κ2) is 7.89. The molecular formula is C20H16ClN9O. The van der Waals surface area contributed by atoms with Crippen LogP contribution in [0.2, 0.25) is 5.02 Å². The molecule has 0 aliphatic carbocycles. The van der Waals surface area contributed by atoms with Crippen LogP contribution in [-0.2, 0) is 0 Å². The lowest BCUT2D eigenvalue weighted by Crippen LogP contribution is -2.28. The quantitative estimate of drug-likeness (QED) is 0.438. The van der Waals surface area contributed by atoms with Crippen molar-refractivity contribution in [1.29, 1.82) is 5.26 Å². The molecule has 4 rings (SSSR count). The fourth-order valence-corrected chi connectivity index (χ4v) is 3.45. The van der Waals surface area contributed by atoms with Gasteiger partial charge in [0.15, 0.2) is 0 Å². The largest absolute Gasteiger partial charge is 0.397 e. The molecule has 0 saturated heterocycles. The van der Waals surface area contributed by atoms with E-state index in [-0.39, 0.29) is 33.2 Å². The Labute approximate surface area is 181 Å². The first-order chi connectivity index (χ1) is 14.9. The summed E-state index contributed by atoms with van der Waals surface area (Å²) < 4.78 is 1.38. The summed E-state index contributed by atoms with van der Waals surface area (Å²) in [5, 5.41) is 13.0. The maximum absolute atomic E-state index is 13.5. The standard InChI is InChI=1S/C20H16ClN9O/c1-10(28-18-13(6-22)17(24)26-9-27-18)19-29-15-4-2-3-14(21)16(15)20(31)30(19)12-5-11(23)7-25-8-12/h2-5,7-10H,23H2,1H3,(H3,24,26,27,28)/t10-/m0/s1. The van der Waals surface area contributed by atoms with Crippen molar-refractivity contribution < 1.29 is 0 Å². The molecule has 31 heavy (non-hydrogen) atoms. The monoisotopic (exact) mass is 433 g/mol. The molecule has 0 bridgehead atoms. The number of fused-ring (bicyclic) bond motifs is 1. The van der Waals surface area contributed by atoms with Gasteiger partial charge in [0.25, 0.3) is 5.56 Å². The summed E-state index contributed by atoms with van der Waals surface area (Å²) >= 11 is 6.30. The Morgan fingerprint density at radius 1 is 1.26 bits per heavy atom. The maximum atomic E-state index is 13.5. The summed E-state index contributed by atoms with van der Waals surface area (Å²) in [4.78, 5) is 30.1. The fraction of sp³-hybridized carbons (Fsp3) is 0.100. The molecule has 0 unspecified atom stereocenters. The Balaban J connectivity index is 1.95. The van der Waals surface area contributed by atoms with Gasteiger partial charge >= 0.3 is 0 Å². The number of hydrogen-bond donors (Lipinski definition) is 3. The zero-order valence-corrected chi connectivity index (χ0v) is 17.0. The number of benzene rings is 1. The molecule has 5 N–H and O–H groups in total. The first kappa shape index (κ1) is 20.1. The highest BCUT2D eigenvalue weighted by Gasteiger charge is 2.21. The SMILES string of the molecule is C[C@H](Nc1ncnc(N)c1C#N)c1nc2cccc(Cl)c2c(=O)n1-c1cncc(N)c1. The van der Waals surface area contributed by atoms with Gasteiger partial charge in [-0.05, 0) is 25.1 Å². The molecule has 1 atom stereocenters. The van der Waals surface area contributed by atoms with E-state index in [1.165, 1.54) is 23.3 Å². The van der Waals surface area contributed by atoms with Gasteiger partial charge in [-0.3, -0.25) is 14.3 Å². The second-order valence-electron chi connectivity index (χ2n) is 6.68. The number of aromatic nitrogens is 5. The molecule has 0 aliphatic heterocycles. The number of halogens is 1. The first-order valence-corrected chi connectivity index (χ1v) is 9.47. The Hall–Kier alpha value is -4.23. The topological polar surface area (TPSA) is 161 Å². The van der Waals surface area contributed by atoms with Gasteiger partial charge in [0.05, 0.1) is 39.5 Å². The van der Waals surface area contributed by atoms with E-state index in [9.17, 15) is 10.1 Å². The molecule has 10 nitrogen and oxygen atoms in total. The Morgan fingerprint density at radius 2 is 2.06 bits per heavy atom. The van der Waals surface area contributed by atoms with E-state index < -0.39 is 6.04 Å². The summed E-state index contributed by atoms with van der Waals surface area (Å²) in [6.45, 7) is 1.77. The van der Waals surface area contributed by atoms with E-state index in [4.69, 9.17) is 23.1 Å². The number of nitriles is 1. The molecule has 0 radical (unpaired) electrons. The molecule has 3 heterocycles.